The van der Waals surface area contributed by atoms with Gasteiger partial charge in [-0.25, -0.2) is 9.48 Å². The molecule has 0 aromatic carbocycles. The maximum absolute atomic E-state index is 12.2. The van der Waals surface area contributed by atoms with Crippen molar-refractivity contribution in [1.82, 2.24) is 0 Å². The number of nitrogens with zero attached hydrogens (tertiary/aromatic N) is 2. The van der Waals surface area contributed by atoms with Gasteiger partial charge in [-0.15, -0.1) is 0 Å². The van der Waals surface area contributed by atoms with Gasteiger partial charge in [0.15, 0.2) is 22.5 Å². The van der Waals surface area contributed by atoms with Gasteiger partial charge in [0.1, 0.15) is 0 Å². The second-order valence-electron chi connectivity index (χ2n) is 6.51. The van der Waals surface area contributed by atoms with Crippen LogP contribution in [0.4, 0.5) is 0 Å². The fourth-order valence-corrected chi connectivity index (χ4v) is 4.13. The van der Waals surface area contributed by atoms with Gasteiger partial charge in [-0.3, -0.25) is 0 Å². The molecule has 1 aliphatic carbocycles. The Morgan fingerprint density at radius 3 is 1.28 bits per heavy atom. The van der Waals surface area contributed by atoms with Crippen molar-refractivity contribution >= 4 is 11.4 Å². The predicted octanol–water partition coefficient (Wildman–Crippen LogP) is 2.57. The molecule has 4 heteroatoms. The largest absolute Gasteiger partial charge is 0.623 e. The molecule has 2 aliphatic heterocycles. The Kier molecular flexibility index (Phi) is 2.48. The summed E-state index contributed by atoms with van der Waals surface area (Å²) in [6.07, 6.45) is 7.39. The Hall–Kier alpha value is -1.06. The van der Waals surface area contributed by atoms with Crippen molar-refractivity contribution in [3.05, 3.63) is 10.4 Å². The molecule has 0 N–H and O–H groups in total. The van der Waals surface area contributed by atoms with Crippen LogP contribution in [0.1, 0.15) is 65.2 Å². The number of hydrogen-bond donors (Lipinski definition) is 0. The highest BCUT2D eigenvalue weighted by Crippen LogP contribution is 2.46. The van der Waals surface area contributed by atoms with E-state index in [0.717, 1.165) is 62.8 Å². The zero-order valence-corrected chi connectivity index (χ0v) is 11.4. The summed E-state index contributed by atoms with van der Waals surface area (Å²) in [6, 6.07) is 0. The summed E-state index contributed by atoms with van der Waals surface area (Å²) < 4.78 is 2.53. The zero-order chi connectivity index (χ0) is 13.0. The van der Waals surface area contributed by atoms with E-state index in [2.05, 4.69) is 0 Å². The molecule has 0 bridgehead atoms. The molecule has 2 heterocycles. The molecule has 1 saturated carbocycles. The van der Waals surface area contributed by atoms with Crippen LogP contribution in [-0.2, 0) is 0 Å². The third-order valence-electron chi connectivity index (χ3n) is 5.57. The zero-order valence-electron chi connectivity index (χ0n) is 11.4. The molecular weight excluding hydrogens is 228 g/mol. The van der Waals surface area contributed by atoms with E-state index in [-0.39, 0.29) is 11.1 Å². The van der Waals surface area contributed by atoms with Crippen LogP contribution in [0.3, 0.4) is 0 Å². The van der Waals surface area contributed by atoms with E-state index >= 15 is 0 Å². The minimum atomic E-state index is -0.174. The monoisotopic (exact) mass is 250 g/mol. The van der Waals surface area contributed by atoms with Crippen molar-refractivity contribution in [2.75, 3.05) is 0 Å². The summed E-state index contributed by atoms with van der Waals surface area (Å²) in [5.41, 5.74) is 1.59. The van der Waals surface area contributed by atoms with Crippen LogP contribution in [0, 0.1) is 10.4 Å². The van der Waals surface area contributed by atoms with E-state index in [1.807, 2.05) is 13.8 Å². The summed E-state index contributed by atoms with van der Waals surface area (Å²) in [4.78, 5) is 0. The third kappa shape index (κ3) is 1.44. The third-order valence-corrected chi connectivity index (χ3v) is 5.57. The Morgan fingerprint density at radius 1 is 0.722 bits per heavy atom. The smallest absolute Gasteiger partial charge is 0.173 e. The maximum atomic E-state index is 12.2. The van der Waals surface area contributed by atoms with Crippen LogP contribution < -0.4 is 0 Å². The average molecular weight is 250 g/mol. The van der Waals surface area contributed by atoms with Gasteiger partial charge >= 0.3 is 0 Å². The molecule has 18 heavy (non-hydrogen) atoms. The fourth-order valence-electron chi connectivity index (χ4n) is 4.13. The molecule has 0 saturated heterocycles. The molecular formula is C14H22N2O2. The SMILES string of the molecule is CC1=[N+]([O-])C2(CC1)CCC1(CCC(C)=[N+]1[O-])CC2. The first-order valence-electron chi connectivity index (χ1n) is 7.09. The van der Waals surface area contributed by atoms with Crippen LogP contribution >= 0.6 is 0 Å². The molecule has 1 fully saturated rings. The minimum absolute atomic E-state index is 0.174. The van der Waals surface area contributed by atoms with Crippen LogP contribution in [0.25, 0.3) is 0 Å². The van der Waals surface area contributed by atoms with Crippen molar-refractivity contribution in [3.63, 3.8) is 0 Å². The van der Waals surface area contributed by atoms with Crippen molar-refractivity contribution in [2.45, 2.75) is 76.3 Å². The molecule has 0 atom stereocenters. The lowest BCUT2D eigenvalue weighted by atomic mass is 9.70. The van der Waals surface area contributed by atoms with Crippen LogP contribution in [0.15, 0.2) is 0 Å². The lowest BCUT2D eigenvalue weighted by Crippen LogP contribution is -2.49. The Labute approximate surface area is 108 Å². The summed E-state index contributed by atoms with van der Waals surface area (Å²) >= 11 is 0. The molecule has 2 spiro atoms. The topological polar surface area (TPSA) is 52.1 Å². The van der Waals surface area contributed by atoms with Crippen molar-refractivity contribution in [2.24, 2.45) is 0 Å². The van der Waals surface area contributed by atoms with E-state index < -0.39 is 0 Å². The van der Waals surface area contributed by atoms with Gasteiger partial charge in [-0.2, -0.15) is 0 Å². The second-order valence-corrected chi connectivity index (χ2v) is 6.51. The van der Waals surface area contributed by atoms with E-state index in [0.29, 0.717) is 0 Å². The van der Waals surface area contributed by atoms with Crippen LogP contribution in [0.2, 0.25) is 0 Å². The Balaban J connectivity index is 1.81. The van der Waals surface area contributed by atoms with Gasteiger partial charge in [-0.1, -0.05) is 0 Å². The molecule has 0 unspecified atom stereocenters. The standard InChI is InChI=1S/C14H22N2O2/c1-11-3-5-13(15(11)17)7-9-14(10-8-13)6-4-12(2)16(14)18/h3-10H2,1-2H3. The van der Waals surface area contributed by atoms with Crippen molar-refractivity contribution in [3.8, 4) is 0 Å². The van der Waals surface area contributed by atoms with Crippen molar-refractivity contribution < 1.29 is 9.48 Å². The molecule has 0 aromatic rings. The molecule has 3 rings (SSSR count). The quantitative estimate of drug-likeness (QED) is 0.490. The van der Waals surface area contributed by atoms with E-state index in [1.165, 1.54) is 9.48 Å². The fraction of sp³-hybridized carbons (Fsp3) is 0.857. The number of hydrogen-bond acceptors (Lipinski definition) is 2. The molecule has 4 nitrogen and oxygen atoms in total. The van der Waals surface area contributed by atoms with E-state index in [1.54, 1.807) is 0 Å². The summed E-state index contributed by atoms with van der Waals surface area (Å²) in [6.45, 7) is 3.89. The van der Waals surface area contributed by atoms with Gasteiger partial charge in [0.05, 0.1) is 0 Å². The Morgan fingerprint density at radius 2 is 1.06 bits per heavy atom. The number of hydroxylamine groups is 2. The highest BCUT2D eigenvalue weighted by Gasteiger charge is 2.55. The van der Waals surface area contributed by atoms with Gasteiger partial charge in [0, 0.05) is 65.2 Å². The normalized spacial score (nSPS) is 40.6. The van der Waals surface area contributed by atoms with Crippen molar-refractivity contribution in [1.29, 1.82) is 0 Å². The van der Waals surface area contributed by atoms with E-state index in [4.69, 9.17) is 0 Å². The van der Waals surface area contributed by atoms with Crippen LogP contribution in [-0.4, -0.2) is 32.0 Å². The van der Waals surface area contributed by atoms with E-state index in [9.17, 15) is 10.4 Å². The van der Waals surface area contributed by atoms with Crippen LogP contribution in [0.5, 0.6) is 0 Å². The average Bonchev–Trinajstić information content (AvgIpc) is 2.81. The first-order chi connectivity index (χ1) is 8.49. The van der Waals surface area contributed by atoms with Gasteiger partial charge in [0.25, 0.3) is 0 Å². The first-order valence-corrected chi connectivity index (χ1v) is 7.09. The summed E-state index contributed by atoms with van der Waals surface area (Å²) in [5.74, 6) is 0. The Bertz CT molecular complexity index is 401. The lowest BCUT2D eigenvalue weighted by Gasteiger charge is -2.39. The van der Waals surface area contributed by atoms with Gasteiger partial charge in [-0.05, 0) is 0 Å². The molecule has 3 aliphatic rings. The number of rotatable bonds is 0. The first kappa shape index (κ1) is 12.0. The summed E-state index contributed by atoms with van der Waals surface area (Å²) in [7, 11) is 0. The minimum Gasteiger partial charge on any atom is -0.623 e. The maximum Gasteiger partial charge on any atom is 0.173 e. The summed E-state index contributed by atoms with van der Waals surface area (Å²) in [5, 5.41) is 24.4. The van der Waals surface area contributed by atoms with Gasteiger partial charge < -0.3 is 10.4 Å². The highest BCUT2D eigenvalue weighted by molar-refractivity contribution is 5.79. The van der Waals surface area contributed by atoms with Gasteiger partial charge in [0.2, 0.25) is 0 Å². The predicted molar refractivity (Wildman–Crippen MR) is 71.0 cm³/mol. The molecule has 0 amide bonds. The highest BCUT2D eigenvalue weighted by atomic mass is 16.5. The molecule has 100 valence electrons. The molecule has 0 radical (unpaired) electrons. The molecule has 0 aromatic heterocycles. The second kappa shape index (κ2) is 3.72. The lowest BCUT2D eigenvalue weighted by molar-refractivity contribution is -0.580.